The molecule has 0 bridgehead atoms. The highest BCUT2D eigenvalue weighted by atomic mass is 32.2. The third-order valence-corrected chi connectivity index (χ3v) is 3.78. The van der Waals surface area contributed by atoms with Gasteiger partial charge in [0, 0.05) is 11.8 Å². The van der Waals surface area contributed by atoms with E-state index in [1.54, 1.807) is 23.9 Å². The second kappa shape index (κ2) is 4.78. The SMILES string of the molecule is CC1CSC(c2cccc(OC(F)(F)F)c2)N1. The zero-order chi connectivity index (χ0) is 12.5. The predicted molar refractivity (Wildman–Crippen MR) is 60.9 cm³/mol. The average molecular weight is 263 g/mol. The van der Waals surface area contributed by atoms with Gasteiger partial charge in [-0.25, -0.2) is 0 Å². The van der Waals surface area contributed by atoms with Crippen LogP contribution in [0.1, 0.15) is 17.9 Å². The van der Waals surface area contributed by atoms with Crippen LogP contribution in [0, 0.1) is 0 Å². The van der Waals surface area contributed by atoms with Crippen LogP contribution in [0.3, 0.4) is 0 Å². The first-order valence-corrected chi connectivity index (χ1v) is 6.22. The van der Waals surface area contributed by atoms with Crippen LogP contribution in [-0.2, 0) is 0 Å². The molecule has 1 aliphatic heterocycles. The van der Waals surface area contributed by atoms with Crippen LogP contribution in [0.4, 0.5) is 13.2 Å². The number of hydrogen-bond acceptors (Lipinski definition) is 3. The largest absolute Gasteiger partial charge is 0.573 e. The van der Waals surface area contributed by atoms with E-state index in [-0.39, 0.29) is 11.1 Å². The average Bonchev–Trinajstić information content (AvgIpc) is 2.63. The lowest BCUT2D eigenvalue weighted by atomic mass is 10.2. The molecule has 0 amide bonds. The van der Waals surface area contributed by atoms with Gasteiger partial charge in [0.05, 0.1) is 5.37 Å². The molecule has 0 saturated carbocycles. The minimum Gasteiger partial charge on any atom is -0.406 e. The number of halogens is 3. The standard InChI is InChI=1S/C11H12F3NOS/c1-7-6-17-10(15-7)8-3-2-4-9(5-8)16-11(12,13)14/h2-5,7,10,15H,6H2,1H3. The fourth-order valence-electron chi connectivity index (χ4n) is 1.66. The summed E-state index contributed by atoms with van der Waals surface area (Å²) in [6, 6.07) is 6.47. The Balaban J connectivity index is 2.11. The molecule has 17 heavy (non-hydrogen) atoms. The van der Waals surface area contributed by atoms with Gasteiger partial charge in [-0.2, -0.15) is 0 Å². The van der Waals surface area contributed by atoms with Crippen molar-refractivity contribution in [1.29, 1.82) is 0 Å². The second-order valence-corrected chi connectivity index (χ2v) is 5.04. The predicted octanol–water partition coefficient (Wildman–Crippen LogP) is 3.31. The molecule has 2 nitrogen and oxygen atoms in total. The maximum absolute atomic E-state index is 12.1. The zero-order valence-electron chi connectivity index (χ0n) is 9.12. The van der Waals surface area contributed by atoms with Crippen LogP contribution in [0.5, 0.6) is 5.75 Å². The third-order valence-electron chi connectivity index (χ3n) is 2.34. The monoisotopic (exact) mass is 263 g/mol. The van der Waals surface area contributed by atoms with Crippen molar-refractivity contribution in [3.05, 3.63) is 29.8 Å². The molecular formula is C11H12F3NOS. The van der Waals surface area contributed by atoms with E-state index in [0.29, 0.717) is 6.04 Å². The van der Waals surface area contributed by atoms with Gasteiger partial charge in [0.15, 0.2) is 0 Å². The molecule has 1 aliphatic rings. The van der Waals surface area contributed by atoms with Gasteiger partial charge in [-0.05, 0) is 24.6 Å². The summed E-state index contributed by atoms with van der Waals surface area (Å²) in [5.74, 6) is 0.784. The van der Waals surface area contributed by atoms with Gasteiger partial charge in [-0.1, -0.05) is 12.1 Å². The first-order chi connectivity index (χ1) is 7.94. The van der Waals surface area contributed by atoms with Gasteiger partial charge in [0.25, 0.3) is 0 Å². The van der Waals surface area contributed by atoms with Gasteiger partial charge in [-0.3, -0.25) is 5.32 Å². The van der Waals surface area contributed by atoms with E-state index in [2.05, 4.69) is 10.1 Å². The van der Waals surface area contributed by atoms with Crippen molar-refractivity contribution in [2.24, 2.45) is 0 Å². The number of thioether (sulfide) groups is 1. The number of hydrogen-bond donors (Lipinski definition) is 1. The summed E-state index contributed by atoms with van der Waals surface area (Å²) in [5, 5.41) is 3.33. The molecule has 1 fully saturated rings. The van der Waals surface area contributed by atoms with Crippen molar-refractivity contribution in [3.63, 3.8) is 0 Å². The van der Waals surface area contributed by atoms with E-state index in [4.69, 9.17) is 0 Å². The zero-order valence-corrected chi connectivity index (χ0v) is 9.94. The Labute approximate surface area is 102 Å². The van der Waals surface area contributed by atoms with Crippen LogP contribution >= 0.6 is 11.8 Å². The molecule has 1 saturated heterocycles. The molecule has 2 unspecified atom stereocenters. The van der Waals surface area contributed by atoms with Gasteiger partial charge < -0.3 is 4.74 Å². The lowest BCUT2D eigenvalue weighted by molar-refractivity contribution is -0.274. The van der Waals surface area contributed by atoms with E-state index in [9.17, 15) is 13.2 Å². The van der Waals surface area contributed by atoms with Crippen LogP contribution in [0.2, 0.25) is 0 Å². The minimum atomic E-state index is -4.64. The molecule has 2 rings (SSSR count). The molecule has 0 radical (unpaired) electrons. The number of ether oxygens (including phenoxy) is 1. The Bertz CT molecular complexity index is 397. The van der Waals surface area contributed by atoms with E-state index in [0.717, 1.165) is 11.3 Å². The molecule has 0 spiro atoms. The number of benzene rings is 1. The summed E-state index contributed by atoms with van der Waals surface area (Å²) in [6.07, 6.45) is -4.64. The highest BCUT2D eigenvalue weighted by Gasteiger charge is 2.31. The van der Waals surface area contributed by atoms with Crippen molar-refractivity contribution in [2.75, 3.05) is 5.75 Å². The summed E-state index contributed by atoms with van der Waals surface area (Å²) in [6.45, 7) is 2.04. The molecule has 2 atom stereocenters. The highest BCUT2D eigenvalue weighted by molar-refractivity contribution is 7.99. The molecule has 1 aromatic rings. The maximum atomic E-state index is 12.1. The normalized spacial score (nSPS) is 24.9. The van der Waals surface area contributed by atoms with E-state index < -0.39 is 6.36 Å². The van der Waals surface area contributed by atoms with Crippen molar-refractivity contribution in [1.82, 2.24) is 5.32 Å². The van der Waals surface area contributed by atoms with E-state index in [1.165, 1.54) is 12.1 Å². The van der Waals surface area contributed by atoms with Crippen molar-refractivity contribution in [3.8, 4) is 5.75 Å². The maximum Gasteiger partial charge on any atom is 0.573 e. The summed E-state index contributed by atoms with van der Waals surface area (Å²) in [7, 11) is 0. The summed E-state index contributed by atoms with van der Waals surface area (Å²) < 4.78 is 40.1. The van der Waals surface area contributed by atoms with Crippen molar-refractivity contribution < 1.29 is 17.9 Å². The molecule has 1 aromatic carbocycles. The Morgan fingerprint density at radius 2 is 2.18 bits per heavy atom. The molecule has 1 heterocycles. The summed E-state index contributed by atoms with van der Waals surface area (Å²) in [4.78, 5) is 0. The number of alkyl halides is 3. The van der Waals surface area contributed by atoms with Crippen LogP contribution < -0.4 is 10.1 Å². The molecule has 94 valence electrons. The second-order valence-electron chi connectivity index (χ2n) is 3.90. The molecular weight excluding hydrogens is 251 g/mol. The fourth-order valence-corrected chi connectivity index (χ4v) is 2.91. The van der Waals surface area contributed by atoms with Crippen LogP contribution in [0.15, 0.2) is 24.3 Å². The third kappa shape index (κ3) is 3.54. The van der Waals surface area contributed by atoms with Gasteiger partial charge in [-0.15, -0.1) is 24.9 Å². The Morgan fingerprint density at radius 1 is 1.41 bits per heavy atom. The molecule has 0 aliphatic carbocycles. The minimum absolute atomic E-state index is 0.0433. The molecule has 0 aromatic heterocycles. The van der Waals surface area contributed by atoms with Gasteiger partial charge in [0.2, 0.25) is 0 Å². The Morgan fingerprint density at radius 3 is 2.76 bits per heavy atom. The number of rotatable bonds is 2. The van der Waals surface area contributed by atoms with Gasteiger partial charge in [0.1, 0.15) is 5.75 Å². The lowest BCUT2D eigenvalue weighted by Crippen LogP contribution is -2.22. The summed E-state index contributed by atoms with van der Waals surface area (Å²) in [5.41, 5.74) is 0.807. The first kappa shape index (κ1) is 12.6. The van der Waals surface area contributed by atoms with Crippen LogP contribution in [-0.4, -0.2) is 18.2 Å². The smallest absolute Gasteiger partial charge is 0.406 e. The summed E-state index contributed by atoms with van der Waals surface area (Å²) >= 11 is 1.68. The Hall–Kier alpha value is -0.880. The number of nitrogens with one attached hydrogen (secondary N) is 1. The fraction of sp³-hybridized carbons (Fsp3) is 0.455. The highest BCUT2D eigenvalue weighted by Crippen LogP contribution is 2.34. The topological polar surface area (TPSA) is 21.3 Å². The van der Waals surface area contributed by atoms with Gasteiger partial charge >= 0.3 is 6.36 Å². The van der Waals surface area contributed by atoms with Crippen molar-refractivity contribution >= 4 is 11.8 Å². The first-order valence-electron chi connectivity index (χ1n) is 5.17. The quantitative estimate of drug-likeness (QED) is 0.884. The van der Waals surface area contributed by atoms with Crippen LogP contribution in [0.25, 0.3) is 0 Å². The van der Waals surface area contributed by atoms with Crippen molar-refractivity contribution in [2.45, 2.75) is 24.7 Å². The van der Waals surface area contributed by atoms with E-state index >= 15 is 0 Å². The molecule has 6 heteroatoms. The Kier molecular flexibility index (Phi) is 3.53. The van der Waals surface area contributed by atoms with E-state index in [1.807, 2.05) is 6.92 Å². The molecule has 1 N–H and O–H groups in total. The lowest BCUT2D eigenvalue weighted by Gasteiger charge is -2.14.